The van der Waals surface area contributed by atoms with E-state index in [-0.39, 0.29) is 23.9 Å². The van der Waals surface area contributed by atoms with Crippen LogP contribution in [-0.4, -0.2) is 52.9 Å². The number of carbonyl (C=O) groups excluding carboxylic acids is 1. The van der Waals surface area contributed by atoms with E-state index in [0.717, 1.165) is 30.0 Å². The monoisotopic (exact) mass is 471 g/mol. The topological polar surface area (TPSA) is 81.5 Å². The number of carbonyl (C=O) groups is 1. The minimum atomic E-state index is -2.54. The van der Waals surface area contributed by atoms with Gasteiger partial charge in [0.2, 0.25) is 5.88 Å². The molecule has 0 bridgehead atoms. The SMILES string of the molecule is C[C@H](NC(=O)c1cnn(C)c1)c1ccc(OC2CCN(c3ccnc(OCC(F)F)c3)C2)cc1. The van der Waals surface area contributed by atoms with Crippen LogP contribution in [0.15, 0.2) is 55.0 Å². The summed E-state index contributed by atoms with van der Waals surface area (Å²) in [7, 11) is 1.77. The number of aromatic nitrogens is 3. The Morgan fingerprint density at radius 2 is 2.06 bits per heavy atom. The van der Waals surface area contributed by atoms with Crippen molar-refractivity contribution in [2.45, 2.75) is 31.9 Å². The average molecular weight is 472 g/mol. The summed E-state index contributed by atoms with van der Waals surface area (Å²) < 4.78 is 37.5. The molecule has 1 aliphatic rings. The lowest BCUT2D eigenvalue weighted by Crippen LogP contribution is -2.26. The number of ether oxygens (including phenoxy) is 2. The van der Waals surface area contributed by atoms with Gasteiger partial charge in [0.25, 0.3) is 12.3 Å². The number of anilines is 1. The number of hydrogen-bond donors (Lipinski definition) is 1. The van der Waals surface area contributed by atoms with Crippen LogP contribution in [0.25, 0.3) is 0 Å². The highest BCUT2D eigenvalue weighted by molar-refractivity contribution is 5.93. The van der Waals surface area contributed by atoms with Crippen molar-refractivity contribution in [1.82, 2.24) is 20.1 Å². The highest BCUT2D eigenvalue weighted by atomic mass is 19.3. The summed E-state index contributed by atoms with van der Waals surface area (Å²) in [5.41, 5.74) is 2.34. The fourth-order valence-electron chi connectivity index (χ4n) is 3.81. The van der Waals surface area contributed by atoms with E-state index in [0.29, 0.717) is 12.1 Å². The minimum absolute atomic E-state index is 0.00726. The van der Waals surface area contributed by atoms with Gasteiger partial charge in [0.15, 0.2) is 6.61 Å². The van der Waals surface area contributed by atoms with Crippen LogP contribution in [0.3, 0.4) is 0 Å². The molecule has 1 fully saturated rings. The van der Waals surface area contributed by atoms with Gasteiger partial charge in [-0.15, -0.1) is 0 Å². The third-order valence-electron chi connectivity index (χ3n) is 5.58. The molecule has 0 aliphatic carbocycles. The lowest BCUT2D eigenvalue weighted by molar-refractivity contribution is 0.0796. The summed E-state index contributed by atoms with van der Waals surface area (Å²) in [6, 6.07) is 11.0. The molecule has 3 heterocycles. The van der Waals surface area contributed by atoms with E-state index in [9.17, 15) is 13.6 Å². The fourth-order valence-corrected chi connectivity index (χ4v) is 3.81. The molecule has 2 atom stereocenters. The molecule has 0 spiro atoms. The average Bonchev–Trinajstić information content (AvgIpc) is 3.47. The van der Waals surface area contributed by atoms with E-state index in [1.807, 2.05) is 37.3 Å². The Kier molecular flexibility index (Phi) is 7.24. The Morgan fingerprint density at radius 3 is 2.76 bits per heavy atom. The molecular formula is C24H27F2N5O3. The molecule has 0 radical (unpaired) electrons. The standard InChI is InChI=1S/C24H27F2N5O3/c1-16(29-24(32)18-12-28-30(2)13-18)17-3-5-20(6-4-17)34-21-8-10-31(14-21)19-7-9-27-23(11-19)33-15-22(25)26/h3-7,9,11-13,16,21-22H,8,10,14-15H2,1-2H3,(H,29,32)/t16-,21?/m0/s1. The van der Waals surface area contributed by atoms with E-state index >= 15 is 0 Å². The molecule has 4 rings (SSSR count). The third-order valence-corrected chi connectivity index (χ3v) is 5.58. The van der Waals surface area contributed by atoms with Crippen molar-refractivity contribution in [2.75, 3.05) is 24.6 Å². The summed E-state index contributed by atoms with van der Waals surface area (Å²) >= 11 is 0. The predicted molar refractivity (Wildman–Crippen MR) is 123 cm³/mol. The number of amides is 1. The Bertz CT molecular complexity index is 1110. The summed E-state index contributed by atoms with van der Waals surface area (Å²) in [6.45, 7) is 2.69. The largest absolute Gasteiger partial charge is 0.489 e. The molecule has 3 aromatic rings. The molecule has 0 saturated carbocycles. The first-order valence-electron chi connectivity index (χ1n) is 11.1. The van der Waals surface area contributed by atoms with Crippen LogP contribution in [0.2, 0.25) is 0 Å². The normalized spacial score (nSPS) is 16.5. The van der Waals surface area contributed by atoms with Crippen LogP contribution >= 0.6 is 0 Å². The maximum Gasteiger partial charge on any atom is 0.272 e. The van der Waals surface area contributed by atoms with Gasteiger partial charge in [0.1, 0.15) is 11.9 Å². The van der Waals surface area contributed by atoms with Crippen LogP contribution in [0.4, 0.5) is 14.5 Å². The van der Waals surface area contributed by atoms with Gasteiger partial charge in [-0.2, -0.15) is 5.10 Å². The molecule has 10 heteroatoms. The van der Waals surface area contributed by atoms with Crippen molar-refractivity contribution in [3.05, 3.63) is 66.1 Å². The molecular weight excluding hydrogens is 444 g/mol. The molecule has 1 unspecified atom stereocenters. The number of hydrogen-bond acceptors (Lipinski definition) is 6. The fraction of sp³-hybridized carbons (Fsp3) is 0.375. The first-order valence-corrected chi connectivity index (χ1v) is 11.1. The Morgan fingerprint density at radius 1 is 1.26 bits per heavy atom. The number of alkyl halides is 2. The van der Waals surface area contributed by atoms with Gasteiger partial charge in [-0.3, -0.25) is 9.48 Å². The van der Waals surface area contributed by atoms with Gasteiger partial charge in [-0.05, 0) is 30.7 Å². The quantitative estimate of drug-likeness (QED) is 0.514. The van der Waals surface area contributed by atoms with Crippen LogP contribution in [0.1, 0.15) is 35.3 Å². The molecule has 34 heavy (non-hydrogen) atoms. The predicted octanol–water partition coefficient (Wildman–Crippen LogP) is 3.61. The van der Waals surface area contributed by atoms with Gasteiger partial charge in [-0.1, -0.05) is 12.1 Å². The van der Waals surface area contributed by atoms with Gasteiger partial charge in [0, 0.05) is 44.2 Å². The van der Waals surface area contributed by atoms with E-state index in [4.69, 9.17) is 9.47 Å². The first kappa shape index (κ1) is 23.5. The number of pyridine rings is 1. The minimum Gasteiger partial charge on any atom is -0.489 e. The van der Waals surface area contributed by atoms with Crippen LogP contribution in [0.5, 0.6) is 11.6 Å². The highest BCUT2D eigenvalue weighted by Gasteiger charge is 2.25. The van der Waals surface area contributed by atoms with Gasteiger partial charge < -0.3 is 19.7 Å². The van der Waals surface area contributed by atoms with Crippen LogP contribution < -0.4 is 19.7 Å². The second kappa shape index (κ2) is 10.5. The Hall–Kier alpha value is -3.69. The molecule has 2 aromatic heterocycles. The number of halogens is 2. The van der Waals surface area contributed by atoms with Gasteiger partial charge in [-0.25, -0.2) is 13.8 Å². The first-order chi connectivity index (χ1) is 16.4. The zero-order valence-corrected chi connectivity index (χ0v) is 19.0. The van der Waals surface area contributed by atoms with Crippen LogP contribution in [0, 0.1) is 0 Å². The number of nitrogens with one attached hydrogen (secondary N) is 1. The van der Waals surface area contributed by atoms with Crippen molar-refractivity contribution in [3.8, 4) is 11.6 Å². The van der Waals surface area contributed by atoms with E-state index in [1.54, 1.807) is 30.2 Å². The molecule has 180 valence electrons. The van der Waals surface area contributed by atoms with Gasteiger partial charge in [0.05, 0.1) is 24.3 Å². The highest BCUT2D eigenvalue weighted by Crippen LogP contribution is 2.26. The second-order valence-electron chi connectivity index (χ2n) is 8.20. The molecule has 1 aliphatic heterocycles. The van der Waals surface area contributed by atoms with E-state index in [1.165, 1.54) is 6.20 Å². The molecule has 1 aromatic carbocycles. The Balaban J connectivity index is 1.29. The lowest BCUT2D eigenvalue weighted by atomic mass is 10.1. The summed E-state index contributed by atoms with van der Waals surface area (Å²) in [4.78, 5) is 18.4. The maximum absolute atomic E-state index is 12.4. The second-order valence-corrected chi connectivity index (χ2v) is 8.20. The van der Waals surface area contributed by atoms with Crippen molar-refractivity contribution in [1.29, 1.82) is 0 Å². The van der Waals surface area contributed by atoms with Crippen molar-refractivity contribution in [3.63, 3.8) is 0 Å². The van der Waals surface area contributed by atoms with E-state index < -0.39 is 13.0 Å². The maximum atomic E-state index is 12.4. The number of nitrogens with zero attached hydrogens (tertiary/aromatic N) is 4. The Labute approximate surface area is 196 Å². The molecule has 1 saturated heterocycles. The summed E-state index contributed by atoms with van der Waals surface area (Å²) in [5, 5.41) is 6.99. The van der Waals surface area contributed by atoms with Crippen molar-refractivity contribution < 1.29 is 23.0 Å². The zero-order chi connectivity index (χ0) is 24.1. The van der Waals surface area contributed by atoms with E-state index in [2.05, 4.69) is 20.3 Å². The summed E-state index contributed by atoms with van der Waals surface area (Å²) in [5.74, 6) is 0.755. The van der Waals surface area contributed by atoms with Crippen LogP contribution in [-0.2, 0) is 7.05 Å². The molecule has 1 N–H and O–H groups in total. The third kappa shape index (κ3) is 6.00. The number of aryl methyl sites for hydroxylation is 1. The smallest absolute Gasteiger partial charge is 0.272 e. The number of rotatable bonds is 9. The number of benzene rings is 1. The van der Waals surface area contributed by atoms with Crippen molar-refractivity contribution >= 4 is 11.6 Å². The zero-order valence-electron chi connectivity index (χ0n) is 19.0. The van der Waals surface area contributed by atoms with Gasteiger partial charge >= 0.3 is 0 Å². The van der Waals surface area contributed by atoms with Crippen molar-refractivity contribution in [2.24, 2.45) is 7.05 Å². The molecule has 1 amide bonds. The summed E-state index contributed by atoms with van der Waals surface area (Å²) in [6.07, 6.45) is 3.04. The lowest BCUT2D eigenvalue weighted by Gasteiger charge is -2.20. The molecule has 8 nitrogen and oxygen atoms in total.